The summed E-state index contributed by atoms with van der Waals surface area (Å²) in [5.74, 6) is -0.988. The van der Waals surface area contributed by atoms with Crippen LogP contribution < -0.4 is 5.32 Å². The summed E-state index contributed by atoms with van der Waals surface area (Å²) in [6.45, 7) is 2.38. The number of carboxylic acid groups (broad SMARTS) is 1. The van der Waals surface area contributed by atoms with Gasteiger partial charge in [0.25, 0.3) is 5.91 Å². The van der Waals surface area contributed by atoms with Crippen LogP contribution >= 0.6 is 0 Å². The molecule has 3 rings (SSSR count). The van der Waals surface area contributed by atoms with Crippen molar-refractivity contribution < 1.29 is 14.7 Å². The third kappa shape index (κ3) is 5.16. The molecular formula is C21H25N5O3. The molecule has 2 heterocycles. The van der Waals surface area contributed by atoms with Crippen molar-refractivity contribution in [3.63, 3.8) is 0 Å². The first-order chi connectivity index (χ1) is 14.1. The van der Waals surface area contributed by atoms with Crippen molar-refractivity contribution in [2.75, 3.05) is 6.54 Å². The average Bonchev–Trinajstić information content (AvgIpc) is 3.10. The minimum atomic E-state index is -0.750. The molecule has 2 N–H and O–H groups in total. The molecule has 0 atom stereocenters. The Morgan fingerprint density at radius 3 is 2.69 bits per heavy atom. The lowest BCUT2D eigenvalue weighted by Crippen LogP contribution is -2.25. The van der Waals surface area contributed by atoms with E-state index in [9.17, 15) is 9.59 Å². The van der Waals surface area contributed by atoms with Gasteiger partial charge in [-0.2, -0.15) is 0 Å². The first-order valence-electron chi connectivity index (χ1n) is 9.84. The van der Waals surface area contributed by atoms with Gasteiger partial charge in [-0.15, -0.1) is 5.10 Å². The lowest BCUT2D eigenvalue weighted by atomic mass is 10.1. The van der Waals surface area contributed by atoms with Gasteiger partial charge in [0.2, 0.25) is 0 Å². The van der Waals surface area contributed by atoms with Crippen LogP contribution in [0, 0.1) is 6.92 Å². The van der Waals surface area contributed by atoms with Gasteiger partial charge < -0.3 is 10.4 Å². The summed E-state index contributed by atoms with van der Waals surface area (Å²) in [4.78, 5) is 27.3. The zero-order valence-corrected chi connectivity index (χ0v) is 16.5. The van der Waals surface area contributed by atoms with E-state index in [1.54, 1.807) is 10.9 Å². The first kappa shape index (κ1) is 20.4. The van der Waals surface area contributed by atoms with Crippen molar-refractivity contribution in [1.82, 2.24) is 25.3 Å². The van der Waals surface area contributed by atoms with Crippen molar-refractivity contribution in [3.8, 4) is 5.69 Å². The smallest absolute Gasteiger partial charge is 0.303 e. The van der Waals surface area contributed by atoms with Crippen LogP contribution in [0.5, 0.6) is 0 Å². The number of carbonyl (C=O) groups excluding carboxylic acids is 1. The average molecular weight is 395 g/mol. The number of nitrogens with zero attached hydrogens (tertiary/aromatic N) is 4. The number of carbonyl (C=O) groups is 2. The summed E-state index contributed by atoms with van der Waals surface area (Å²) in [5.41, 5.74) is 2.68. The van der Waals surface area contributed by atoms with Crippen LogP contribution in [0.1, 0.15) is 54.7 Å². The second-order valence-corrected chi connectivity index (χ2v) is 6.95. The highest BCUT2D eigenvalue weighted by atomic mass is 16.4. The van der Waals surface area contributed by atoms with E-state index in [0.717, 1.165) is 42.3 Å². The zero-order chi connectivity index (χ0) is 20.6. The lowest BCUT2D eigenvalue weighted by Gasteiger charge is -2.07. The first-order valence-corrected chi connectivity index (χ1v) is 9.84. The lowest BCUT2D eigenvalue weighted by molar-refractivity contribution is -0.137. The van der Waals surface area contributed by atoms with Gasteiger partial charge in [-0.25, -0.2) is 4.68 Å². The maximum absolute atomic E-state index is 12.5. The highest BCUT2D eigenvalue weighted by Crippen LogP contribution is 2.21. The van der Waals surface area contributed by atoms with Gasteiger partial charge in [0, 0.05) is 24.5 Å². The van der Waals surface area contributed by atoms with Gasteiger partial charge in [-0.1, -0.05) is 30.5 Å². The summed E-state index contributed by atoms with van der Waals surface area (Å²) < 4.78 is 1.67. The number of benzene rings is 1. The summed E-state index contributed by atoms with van der Waals surface area (Å²) >= 11 is 0. The van der Waals surface area contributed by atoms with Gasteiger partial charge in [-0.3, -0.25) is 14.6 Å². The second-order valence-electron chi connectivity index (χ2n) is 6.95. The van der Waals surface area contributed by atoms with Gasteiger partial charge in [0.1, 0.15) is 0 Å². The van der Waals surface area contributed by atoms with Gasteiger partial charge in [0.05, 0.1) is 16.9 Å². The van der Waals surface area contributed by atoms with E-state index in [4.69, 9.17) is 5.11 Å². The van der Waals surface area contributed by atoms with Crippen molar-refractivity contribution in [1.29, 1.82) is 0 Å². The standard InChI is InChI=1S/C21H25N5O3/c1-15-20(21(29)23-13-6-4-2-3-5-12-19(27)28)24-25-26(15)18-11-7-10-17-16(18)9-8-14-22-17/h7-11,14H,2-6,12-13H2,1H3,(H,23,29)(H,27,28). The molecule has 0 spiro atoms. The zero-order valence-electron chi connectivity index (χ0n) is 16.5. The number of amides is 1. The molecule has 1 aromatic carbocycles. The molecule has 8 nitrogen and oxygen atoms in total. The Labute approximate surface area is 169 Å². The molecule has 0 aliphatic rings. The Balaban J connectivity index is 1.55. The predicted octanol–water partition coefficient (Wildman–Crippen LogP) is 3.28. The number of rotatable bonds is 10. The van der Waals surface area contributed by atoms with Crippen LogP contribution in [0.2, 0.25) is 0 Å². The second kappa shape index (κ2) is 9.77. The Hall–Kier alpha value is -3.29. The van der Waals surface area contributed by atoms with Crippen LogP contribution in [-0.4, -0.2) is 43.5 Å². The molecule has 0 saturated heterocycles. The van der Waals surface area contributed by atoms with Gasteiger partial charge in [0.15, 0.2) is 5.69 Å². The highest BCUT2D eigenvalue weighted by molar-refractivity contribution is 5.93. The Bertz CT molecular complexity index is 994. The molecule has 2 aromatic heterocycles. The molecule has 0 aliphatic carbocycles. The maximum atomic E-state index is 12.5. The summed E-state index contributed by atoms with van der Waals surface area (Å²) in [5, 5.41) is 20.7. The number of carboxylic acids is 1. The fourth-order valence-corrected chi connectivity index (χ4v) is 3.26. The number of fused-ring (bicyclic) bond motifs is 1. The molecule has 0 unspecified atom stereocenters. The molecule has 152 valence electrons. The molecule has 3 aromatic rings. The minimum absolute atomic E-state index is 0.221. The molecule has 0 bridgehead atoms. The molecule has 1 amide bonds. The fourth-order valence-electron chi connectivity index (χ4n) is 3.26. The van der Waals surface area contributed by atoms with Gasteiger partial charge >= 0.3 is 5.97 Å². The van der Waals surface area contributed by atoms with E-state index in [1.807, 2.05) is 37.3 Å². The van der Waals surface area contributed by atoms with Crippen molar-refractivity contribution in [2.24, 2.45) is 0 Å². The molecule has 0 aliphatic heterocycles. The predicted molar refractivity (Wildman–Crippen MR) is 109 cm³/mol. The molecule has 0 saturated carbocycles. The topological polar surface area (TPSA) is 110 Å². The van der Waals surface area contributed by atoms with E-state index in [0.29, 0.717) is 24.4 Å². The minimum Gasteiger partial charge on any atom is -0.481 e. The molecule has 0 fully saturated rings. The normalized spacial score (nSPS) is 10.9. The molecule has 0 radical (unpaired) electrons. The van der Waals surface area contributed by atoms with Crippen LogP contribution in [0.15, 0.2) is 36.5 Å². The SMILES string of the molecule is Cc1c(C(=O)NCCCCCCCC(=O)O)nnn1-c1cccc2ncccc12. The molecular weight excluding hydrogens is 370 g/mol. The molecule has 29 heavy (non-hydrogen) atoms. The number of unbranched alkanes of at least 4 members (excludes halogenated alkanes) is 4. The van der Waals surface area contributed by atoms with Crippen molar-refractivity contribution >= 4 is 22.8 Å². The van der Waals surface area contributed by atoms with Crippen LogP contribution in [0.4, 0.5) is 0 Å². The van der Waals surface area contributed by atoms with Crippen molar-refractivity contribution in [2.45, 2.75) is 45.4 Å². The Kier molecular flexibility index (Phi) is 6.89. The van der Waals surface area contributed by atoms with E-state index >= 15 is 0 Å². The summed E-state index contributed by atoms with van der Waals surface area (Å²) in [6.07, 6.45) is 6.33. The van der Waals surface area contributed by atoms with E-state index in [1.165, 1.54) is 0 Å². The molecule has 8 heteroatoms. The number of pyridine rings is 1. The Morgan fingerprint density at radius 1 is 1.07 bits per heavy atom. The van der Waals surface area contributed by atoms with Crippen LogP contribution in [0.3, 0.4) is 0 Å². The highest BCUT2D eigenvalue weighted by Gasteiger charge is 2.18. The van der Waals surface area contributed by atoms with Crippen molar-refractivity contribution in [3.05, 3.63) is 47.9 Å². The number of aliphatic carboxylic acids is 1. The van der Waals surface area contributed by atoms with Crippen LogP contribution in [-0.2, 0) is 4.79 Å². The Morgan fingerprint density at radius 2 is 1.86 bits per heavy atom. The van der Waals surface area contributed by atoms with Crippen LogP contribution in [0.25, 0.3) is 16.6 Å². The number of hydrogen-bond donors (Lipinski definition) is 2. The fraction of sp³-hybridized carbons (Fsp3) is 0.381. The van der Waals surface area contributed by atoms with E-state index < -0.39 is 5.97 Å². The third-order valence-corrected chi connectivity index (χ3v) is 4.81. The van der Waals surface area contributed by atoms with Gasteiger partial charge in [-0.05, 0) is 44.0 Å². The number of aromatic nitrogens is 4. The number of hydrogen-bond acceptors (Lipinski definition) is 5. The third-order valence-electron chi connectivity index (χ3n) is 4.81. The quantitative estimate of drug-likeness (QED) is 0.510. The van der Waals surface area contributed by atoms with E-state index in [-0.39, 0.29) is 12.3 Å². The maximum Gasteiger partial charge on any atom is 0.303 e. The number of nitrogens with one attached hydrogen (secondary N) is 1. The monoisotopic (exact) mass is 395 g/mol. The summed E-state index contributed by atoms with van der Waals surface area (Å²) in [6, 6.07) is 9.60. The van der Waals surface area contributed by atoms with E-state index in [2.05, 4.69) is 20.6 Å². The largest absolute Gasteiger partial charge is 0.481 e. The summed E-state index contributed by atoms with van der Waals surface area (Å²) in [7, 11) is 0.